The molecule has 1 N–H and O–H groups in total. The number of nitrogens with zero attached hydrogens (tertiary/aromatic N) is 3. The predicted molar refractivity (Wildman–Crippen MR) is 90.1 cm³/mol. The zero-order chi connectivity index (χ0) is 18.8. The van der Waals surface area contributed by atoms with Crippen molar-refractivity contribution in [1.29, 1.82) is 0 Å². The van der Waals surface area contributed by atoms with Crippen LogP contribution in [-0.4, -0.2) is 19.7 Å². The van der Waals surface area contributed by atoms with E-state index in [1.165, 1.54) is 7.05 Å². The SMILES string of the molecule is Cc1[nH]c(=O)n(C)c(=O)c1Cc1nnc(SCc2cc(F)ccc2F)o1. The summed E-state index contributed by atoms with van der Waals surface area (Å²) in [6.45, 7) is 1.61. The van der Waals surface area contributed by atoms with E-state index in [1.54, 1.807) is 6.92 Å². The number of nitrogens with one attached hydrogen (secondary N) is 1. The summed E-state index contributed by atoms with van der Waals surface area (Å²) in [5.74, 6) is -0.756. The first-order valence-electron chi connectivity index (χ1n) is 7.53. The van der Waals surface area contributed by atoms with Gasteiger partial charge < -0.3 is 9.40 Å². The van der Waals surface area contributed by atoms with Gasteiger partial charge >= 0.3 is 5.69 Å². The maximum atomic E-state index is 13.6. The van der Waals surface area contributed by atoms with Gasteiger partial charge in [-0.05, 0) is 25.1 Å². The molecule has 0 unspecified atom stereocenters. The average molecular weight is 380 g/mol. The summed E-state index contributed by atoms with van der Waals surface area (Å²) in [6.07, 6.45) is 0.0528. The third kappa shape index (κ3) is 3.74. The maximum absolute atomic E-state index is 13.6. The second kappa shape index (κ2) is 7.24. The molecule has 7 nitrogen and oxygen atoms in total. The van der Waals surface area contributed by atoms with E-state index in [2.05, 4.69) is 15.2 Å². The molecule has 0 saturated heterocycles. The molecule has 136 valence electrons. The lowest BCUT2D eigenvalue weighted by Crippen LogP contribution is -2.36. The molecule has 0 atom stereocenters. The molecule has 0 spiro atoms. The van der Waals surface area contributed by atoms with Crippen LogP contribution in [0.25, 0.3) is 0 Å². The molecule has 3 rings (SSSR count). The molecular weight excluding hydrogens is 366 g/mol. The van der Waals surface area contributed by atoms with Crippen LogP contribution in [0.5, 0.6) is 0 Å². The number of rotatable bonds is 5. The normalized spacial score (nSPS) is 11.1. The Morgan fingerprint density at radius 3 is 2.81 bits per heavy atom. The summed E-state index contributed by atoms with van der Waals surface area (Å²) in [4.78, 5) is 26.3. The fraction of sp³-hybridized carbons (Fsp3) is 0.250. The number of aromatic amines is 1. The van der Waals surface area contributed by atoms with Crippen LogP contribution in [0, 0.1) is 18.6 Å². The first kappa shape index (κ1) is 18.1. The lowest BCUT2D eigenvalue weighted by atomic mass is 10.2. The molecule has 26 heavy (non-hydrogen) atoms. The van der Waals surface area contributed by atoms with Gasteiger partial charge in [-0.15, -0.1) is 10.2 Å². The van der Waals surface area contributed by atoms with E-state index in [0.717, 1.165) is 34.5 Å². The van der Waals surface area contributed by atoms with Crippen LogP contribution in [0.15, 0.2) is 37.4 Å². The minimum Gasteiger partial charge on any atom is -0.416 e. The van der Waals surface area contributed by atoms with Gasteiger partial charge in [-0.1, -0.05) is 11.8 Å². The summed E-state index contributed by atoms with van der Waals surface area (Å²) in [7, 11) is 1.37. The molecule has 3 aromatic rings. The summed E-state index contributed by atoms with van der Waals surface area (Å²) in [5, 5.41) is 7.85. The van der Waals surface area contributed by atoms with Gasteiger partial charge in [-0.2, -0.15) is 0 Å². The van der Waals surface area contributed by atoms with Crippen molar-refractivity contribution < 1.29 is 13.2 Å². The van der Waals surface area contributed by atoms with Gasteiger partial charge in [0.2, 0.25) is 5.89 Å². The van der Waals surface area contributed by atoms with Crippen LogP contribution in [0.1, 0.15) is 22.7 Å². The molecule has 0 aliphatic carbocycles. The van der Waals surface area contributed by atoms with Crippen LogP contribution >= 0.6 is 11.8 Å². The second-order valence-electron chi connectivity index (χ2n) is 5.56. The van der Waals surface area contributed by atoms with Crippen molar-refractivity contribution in [1.82, 2.24) is 19.7 Å². The minimum absolute atomic E-state index is 0.0528. The van der Waals surface area contributed by atoms with E-state index in [9.17, 15) is 18.4 Å². The molecule has 0 aliphatic rings. The lowest BCUT2D eigenvalue weighted by Gasteiger charge is -2.04. The Balaban J connectivity index is 1.75. The van der Waals surface area contributed by atoms with Gasteiger partial charge in [0, 0.05) is 29.6 Å². The third-order valence-corrected chi connectivity index (χ3v) is 4.62. The quantitative estimate of drug-likeness (QED) is 0.680. The largest absolute Gasteiger partial charge is 0.416 e. The summed E-state index contributed by atoms with van der Waals surface area (Å²) < 4.78 is 33.2. The molecule has 0 amide bonds. The van der Waals surface area contributed by atoms with Crippen LogP contribution in [-0.2, 0) is 19.2 Å². The molecule has 2 aromatic heterocycles. The number of aryl methyl sites for hydroxylation is 1. The third-order valence-electron chi connectivity index (χ3n) is 3.75. The van der Waals surface area contributed by atoms with Crippen molar-refractivity contribution in [2.45, 2.75) is 24.3 Å². The molecule has 10 heteroatoms. The van der Waals surface area contributed by atoms with Crippen molar-refractivity contribution >= 4 is 11.8 Å². The number of thioether (sulfide) groups is 1. The zero-order valence-electron chi connectivity index (χ0n) is 13.9. The first-order chi connectivity index (χ1) is 12.3. The van der Waals surface area contributed by atoms with Crippen LogP contribution < -0.4 is 11.2 Å². The van der Waals surface area contributed by atoms with Gasteiger partial charge in [-0.25, -0.2) is 13.6 Å². The van der Waals surface area contributed by atoms with E-state index in [-0.39, 0.29) is 28.9 Å². The van der Waals surface area contributed by atoms with E-state index < -0.39 is 22.9 Å². The Morgan fingerprint density at radius 1 is 1.27 bits per heavy atom. The molecule has 0 radical (unpaired) electrons. The van der Waals surface area contributed by atoms with Crippen molar-refractivity contribution in [3.8, 4) is 0 Å². The van der Waals surface area contributed by atoms with Crippen LogP contribution in [0.3, 0.4) is 0 Å². The predicted octanol–water partition coefficient (Wildman–Crippen LogP) is 1.93. The number of hydrogen-bond donors (Lipinski definition) is 1. The Morgan fingerprint density at radius 2 is 2.04 bits per heavy atom. The van der Waals surface area contributed by atoms with Gasteiger partial charge in [0.25, 0.3) is 10.8 Å². The molecule has 1 aromatic carbocycles. The fourth-order valence-electron chi connectivity index (χ4n) is 2.30. The molecule has 0 fully saturated rings. The number of benzene rings is 1. The topological polar surface area (TPSA) is 93.8 Å². The number of H-pyrrole nitrogens is 1. The number of halogens is 2. The highest BCUT2D eigenvalue weighted by Gasteiger charge is 2.15. The summed E-state index contributed by atoms with van der Waals surface area (Å²) in [5.41, 5.74) is -0.00784. The highest BCUT2D eigenvalue weighted by atomic mass is 32.2. The van der Waals surface area contributed by atoms with Gasteiger partial charge in [0.15, 0.2) is 0 Å². The van der Waals surface area contributed by atoms with Crippen molar-refractivity contribution in [2.24, 2.45) is 7.05 Å². The Bertz CT molecular complexity index is 1070. The monoisotopic (exact) mass is 380 g/mol. The van der Waals surface area contributed by atoms with Crippen molar-refractivity contribution in [3.63, 3.8) is 0 Å². The summed E-state index contributed by atoms with van der Waals surface area (Å²) in [6, 6.07) is 3.20. The highest BCUT2D eigenvalue weighted by molar-refractivity contribution is 7.98. The first-order valence-corrected chi connectivity index (χ1v) is 8.51. The van der Waals surface area contributed by atoms with Crippen molar-refractivity contribution in [3.05, 3.63) is 73.4 Å². The van der Waals surface area contributed by atoms with Gasteiger partial charge in [-0.3, -0.25) is 9.36 Å². The van der Waals surface area contributed by atoms with E-state index >= 15 is 0 Å². The standard InChI is InChI=1S/C16H14F2N4O3S/c1-8-11(14(23)22(2)15(24)19-8)6-13-20-21-16(25-13)26-7-9-5-10(17)3-4-12(9)18/h3-5H,6-7H2,1-2H3,(H,19,24). The molecular formula is C16H14F2N4O3S. The Kier molecular flexibility index (Phi) is 5.03. The zero-order valence-corrected chi connectivity index (χ0v) is 14.7. The fourth-order valence-corrected chi connectivity index (χ4v) is 3.05. The maximum Gasteiger partial charge on any atom is 0.328 e. The Labute approximate surface area is 150 Å². The van der Waals surface area contributed by atoms with Crippen LogP contribution in [0.4, 0.5) is 8.78 Å². The van der Waals surface area contributed by atoms with Crippen molar-refractivity contribution in [2.75, 3.05) is 0 Å². The Hall–Kier alpha value is -2.75. The lowest BCUT2D eigenvalue weighted by molar-refractivity contribution is 0.419. The number of hydrogen-bond acceptors (Lipinski definition) is 6. The van der Waals surface area contributed by atoms with E-state index in [0.29, 0.717) is 11.3 Å². The molecule has 0 bridgehead atoms. The minimum atomic E-state index is -0.530. The van der Waals surface area contributed by atoms with E-state index in [1.807, 2.05) is 0 Å². The highest BCUT2D eigenvalue weighted by Crippen LogP contribution is 2.24. The summed E-state index contributed by atoms with van der Waals surface area (Å²) >= 11 is 1.05. The van der Waals surface area contributed by atoms with Crippen LogP contribution in [0.2, 0.25) is 0 Å². The second-order valence-corrected chi connectivity index (χ2v) is 6.49. The molecule has 0 saturated carbocycles. The smallest absolute Gasteiger partial charge is 0.328 e. The number of aromatic nitrogens is 4. The van der Waals surface area contributed by atoms with E-state index in [4.69, 9.17) is 4.42 Å². The molecule has 0 aliphatic heterocycles. The van der Waals surface area contributed by atoms with Gasteiger partial charge in [0.1, 0.15) is 11.6 Å². The van der Waals surface area contributed by atoms with Gasteiger partial charge in [0.05, 0.1) is 6.42 Å². The molecule has 2 heterocycles. The average Bonchev–Trinajstić information content (AvgIpc) is 3.05.